The molecule has 0 saturated heterocycles. The van der Waals surface area contributed by atoms with Crippen molar-refractivity contribution in [1.82, 2.24) is 19.1 Å². The molecule has 5 nitrogen and oxygen atoms in total. The van der Waals surface area contributed by atoms with Gasteiger partial charge in [0.2, 0.25) is 0 Å². The molecule has 0 spiro atoms. The molecule has 0 bridgehead atoms. The van der Waals surface area contributed by atoms with Crippen LogP contribution in [-0.4, -0.2) is 19.1 Å². The predicted octanol–water partition coefficient (Wildman–Crippen LogP) is 13.4. The molecule has 0 amide bonds. The second kappa shape index (κ2) is 11.7. The summed E-state index contributed by atoms with van der Waals surface area (Å²) in [6, 6.07) is 62.0. The zero-order valence-electron chi connectivity index (χ0n) is 30.4. The average Bonchev–Trinajstić information content (AvgIpc) is 3.92. The molecule has 4 aromatic heterocycles. The summed E-state index contributed by atoms with van der Waals surface area (Å²) in [5.74, 6) is 0.706. The maximum Gasteiger partial charge on any atom is 0.160 e. The number of nitrogens with zero attached hydrogens (tertiary/aromatic N) is 4. The molecule has 0 N–H and O–H groups in total. The Labute approximate surface area is 321 Å². The van der Waals surface area contributed by atoms with Crippen LogP contribution in [-0.2, 0) is 0 Å². The Morgan fingerprint density at radius 3 is 1.84 bits per heavy atom. The number of para-hydroxylation sites is 5. The van der Waals surface area contributed by atoms with Crippen molar-refractivity contribution in [2.45, 2.75) is 6.92 Å². The number of rotatable bonds is 4. The van der Waals surface area contributed by atoms with Crippen LogP contribution in [0, 0.1) is 6.92 Å². The number of hydrogen-bond acceptors (Lipinski definition) is 3. The minimum Gasteiger partial charge on any atom is -0.455 e. The van der Waals surface area contributed by atoms with Crippen LogP contribution in [0.2, 0.25) is 0 Å². The highest BCUT2D eigenvalue weighted by Crippen LogP contribution is 2.49. The predicted molar refractivity (Wildman–Crippen MR) is 231 cm³/mol. The van der Waals surface area contributed by atoms with Gasteiger partial charge in [-0.15, -0.1) is 0 Å². The van der Waals surface area contributed by atoms with Gasteiger partial charge in [0, 0.05) is 54.8 Å². The van der Waals surface area contributed by atoms with E-state index >= 15 is 0 Å². The van der Waals surface area contributed by atoms with Crippen LogP contribution >= 0.6 is 0 Å². The summed E-state index contributed by atoms with van der Waals surface area (Å²) in [5, 5.41) is 7.92. The van der Waals surface area contributed by atoms with Gasteiger partial charge in [0.05, 0.1) is 38.7 Å². The summed E-state index contributed by atoms with van der Waals surface area (Å²) in [7, 11) is 0. The molecule has 0 radical (unpaired) electrons. The molecule has 12 aromatic rings. The summed E-state index contributed by atoms with van der Waals surface area (Å²) >= 11 is 0. The van der Waals surface area contributed by atoms with Gasteiger partial charge in [0.25, 0.3) is 0 Å². The monoisotopic (exact) mass is 716 g/mol. The van der Waals surface area contributed by atoms with Crippen LogP contribution < -0.4 is 0 Å². The smallest absolute Gasteiger partial charge is 0.160 e. The van der Waals surface area contributed by atoms with Crippen LogP contribution in [0.1, 0.15) is 5.56 Å². The third-order valence-corrected chi connectivity index (χ3v) is 11.4. The highest BCUT2D eigenvalue weighted by atomic mass is 16.3. The van der Waals surface area contributed by atoms with Crippen molar-refractivity contribution in [3.63, 3.8) is 0 Å². The molecule has 8 aromatic carbocycles. The van der Waals surface area contributed by atoms with Gasteiger partial charge in [-0.1, -0.05) is 121 Å². The normalized spacial score (nSPS) is 12.0. The highest BCUT2D eigenvalue weighted by Gasteiger charge is 2.28. The number of aryl methyl sites for hydroxylation is 1. The van der Waals surface area contributed by atoms with Gasteiger partial charge in [0.15, 0.2) is 5.82 Å². The topological polar surface area (TPSA) is 48.8 Å². The summed E-state index contributed by atoms with van der Waals surface area (Å²) in [5.41, 5.74) is 13.5. The van der Waals surface area contributed by atoms with Crippen molar-refractivity contribution < 1.29 is 4.42 Å². The first-order chi connectivity index (χ1) is 27.7. The third kappa shape index (κ3) is 4.31. The van der Waals surface area contributed by atoms with E-state index in [0.29, 0.717) is 5.82 Å². The van der Waals surface area contributed by atoms with E-state index in [1.165, 1.54) is 10.8 Å². The number of fused-ring (bicyclic) bond motifs is 13. The standard InChI is InChI=1S/C51H32N4O/c1-31-30-33(51-52-39-24-12-8-20-35(39)47(53-51)32-16-4-2-5-17-32)28-29-40(31)55-42-26-14-9-21-36(42)44-45-38-23-11-15-27-43(38)56-50(45)46-37-22-10-13-25-41(37)54(49(46)48(44)55)34-18-6-3-7-19-34/h2-30H,1H3. The first kappa shape index (κ1) is 30.9. The lowest BCUT2D eigenvalue weighted by molar-refractivity contribution is 0.673. The molecule has 0 fully saturated rings. The Bertz CT molecular complexity index is 3540. The van der Waals surface area contributed by atoms with Gasteiger partial charge >= 0.3 is 0 Å². The van der Waals surface area contributed by atoms with Crippen molar-refractivity contribution in [3.05, 3.63) is 181 Å². The highest BCUT2D eigenvalue weighted by molar-refractivity contribution is 6.39. The minimum atomic E-state index is 0.706. The van der Waals surface area contributed by atoms with Gasteiger partial charge in [-0.25, -0.2) is 9.97 Å². The Kier molecular flexibility index (Phi) is 6.48. The fourth-order valence-corrected chi connectivity index (χ4v) is 9.04. The lowest BCUT2D eigenvalue weighted by atomic mass is 10.0. The van der Waals surface area contributed by atoms with Crippen molar-refractivity contribution >= 4 is 76.5 Å². The Balaban J connectivity index is 1.21. The van der Waals surface area contributed by atoms with E-state index in [4.69, 9.17) is 14.4 Å². The lowest BCUT2D eigenvalue weighted by Crippen LogP contribution is -2.01. The fraction of sp³-hybridized carbons (Fsp3) is 0.0196. The number of furan rings is 1. The van der Waals surface area contributed by atoms with Gasteiger partial charge in [-0.05, 0) is 67.1 Å². The van der Waals surface area contributed by atoms with E-state index < -0.39 is 0 Å². The Morgan fingerprint density at radius 1 is 0.464 bits per heavy atom. The Morgan fingerprint density at radius 2 is 1.07 bits per heavy atom. The van der Waals surface area contributed by atoms with E-state index in [1.54, 1.807) is 0 Å². The second-order valence-corrected chi connectivity index (χ2v) is 14.6. The van der Waals surface area contributed by atoms with Crippen molar-refractivity contribution in [2.75, 3.05) is 0 Å². The molecule has 5 heteroatoms. The summed E-state index contributed by atoms with van der Waals surface area (Å²) in [4.78, 5) is 10.3. The van der Waals surface area contributed by atoms with Crippen LogP contribution in [0.3, 0.4) is 0 Å². The molecular weight excluding hydrogens is 685 g/mol. The number of aromatic nitrogens is 4. The van der Waals surface area contributed by atoms with E-state index in [9.17, 15) is 0 Å². The lowest BCUT2D eigenvalue weighted by Gasteiger charge is -2.16. The van der Waals surface area contributed by atoms with Crippen LogP contribution in [0.4, 0.5) is 0 Å². The van der Waals surface area contributed by atoms with Crippen molar-refractivity contribution in [2.24, 2.45) is 0 Å². The molecule has 4 heterocycles. The number of hydrogen-bond donors (Lipinski definition) is 0. The summed E-state index contributed by atoms with van der Waals surface area (Å²) in [6.07, 6.45) is 0. The fourth-order valence-electron chi connectivity index (χ4n) is 9.04. The first-order valence-corrected chi connectivity index (χ1v) is 19.0. The molecule has 262 valence electrons. The minimum absolute atomic E-state index is 0.706. The molecule has 12 rings (SSSR count). The van der Waals surface area contributed by atoms with E-state index in [0.717, 1.165) is 99.4 Å². The zero-order chi connectivity index (χ0) is 36.9. The molecule has 56 heavy (non-hydrogen) atoms. The third-order valence-electron chi connectivity index (χ3n) is 11.4. The maximum absolute atomic E-state index is 6.92. The molecule has 0 aliphatic rings. The zero-order valence-corrected chi connectivity index (χ0v) is 30.4. The van der Waals surface area contributed by atoms with E-state index in [-0.39, 0.29) is 0 Å². The van der Waals surface area contributed by atoms with E-state index in [1.807, 2.05) is 12.1 Å². The van der Waals surface area contributed by atoms with Gasteiger partial charge in [-0.2, -0.15) is 0 Å². The van der Waals surface area contributed by atoms with Gasteiger partial charge in [0.1, 0.15) is 11.2 Å². The van der Waals surface area contributed by atoms with Crippen molar-refractivity contribution in [3.8, 4) is 34.0 Å². The van der Waals surface area contributed by atoms with Crippen LogP contribution in [0.25, 0.3) is 110 Å². The maximum atomic E-state index is 6.92. The molecule has 0 aliphatic heterocycles. The number of benzene rings is 8. The Hall–Kier alpha value is -7.50. The van der Waals surface area contributed by atoms with Gasteiger partial charge < -0.3 is 13.6 Å². The van der Waals surface area contributed by atoms with E-state index in [2.05, 4.69) is 180 Å². The SMILES string of the molecule is Cc1cc(-c2nc(-c3ccccc3)c3ccccc3n2)ccc1-n1c2ccccc2c2c3c4ccccc4oc3c3c4ccccc4n(-c4ccccc4)c3c21. The van der Waals surface area contributed by atoms with Crippen LogP contribution in [0.15, 0.2) is 180 Å². The molecular formula is C51H32N4O. The molecule has 0 saturated carbocycles. The van der Waals surface area contributed by atoms with Crippen molar-refractivity contribution in [1.29, 1.82) is 0 Å². The first-order valence-electron chi connectivity index (χ1n) is 19.0. The summed E-state index contributed by atoms with van der Waals surface area (Å²) < 4.78 is 11.8. The molecule has 0 aliphatic carbocycles. The molecule has 0 atom stereocenters. The largest absolute Gasteiger partial charge is 0.455 e. The summed E-state index contributed by atoms with van der Waals surface area (Å²) in [6.45, 7) is 2.20. The van der Waals surface area contributed by atoms with Crippen LogP contribution in [0.5, 0.6) is 0 Å². The second-order valence-electron chi connectivity index (χ2n) is 14.6. The quantitative estimate of drug-likeness (QED) is 0.182. The average molecular weight is 717 g/mol. The molecule has 0 unspecified atom stereocenters. The van der Waals surface area contributed by atoms with Gasteiger partial charge in [-0.3, -0.25) is 0 Å².